The number of nitrogens with zero attached hydrogens (tertiary/aromatic N) is 3. The molecule has 0 saturated carbocycles. The normalized spacial score (nSPS) is 18.6. The fraction of sp³-hybridized carbons (Fsp3) is 0.538. The molecule has 2 rings (SSSR count). The number of pyridine rings is 1. The van der Waals surface area contributed by atoms with Crippen LogP contribution in [-0.4, -0.2) is 51.6 Å². The van der Waals surface area contributed by atoms with Crippen molar-refractivity contribution in [2.45, 2.75) is 25.8 Å². The zero-order chi connectivity index (χ0) is 15.4. The Kier molecular flexibility index (Phi) is 4.69. The lowest BCUT2D eigenvalue weighted by Gasteiger charge is -2.23. The molecule has 1 aliphatic rings. The van der Waals surface area contributed by atoms with Crippen molar-refractivity contribution in [2.24, 2.45) is 0 Å². The van der Waals surface area contributed by atoms with Crippen molar-refractivity contribution in [1.29, 1.82) is 0 Å². The zero-order valence-electron chi connectivity index (χ0n) is 11.8. The highest BCUT2D eigenvalue weighted by atomic mass is 16.6. The lowest BCUT2D eigenvalue weighted by Crippen LogP contribution is -2.35. The van der Waals surface area contributed by atoms with Crippen LogP contribution in [-0.2, 0) is 0 Å². The van der Waals surface area contributed by atoms with Crippen molar-refractivity contribution in [1.82, 2.24) is 9.88 Å². The minimum absolute atomic E-state index is 0.176. The topological polar surface area (TPSA) is 109 Å². The molecule has 0 spiro atoms. The van der Waals surface area contributed by atoms with E-state index in [2.05, 4.69) is 22.1 Å². The van der Waals surface area contributed by atoms with Gasteiger partial charge in [0.2, 0.25) is 0 Å². The van der Waals surface area contributed by atoms with E-state index in [0.717, 1.165) is 38.2 Å². The van der Waals surface area contributed by atoms with E-state index in [1.807, 2.05) is 0 Å². The SMILES string of the molecule is CCN1CCCC1CNc1ncc([N+](=O)[O-])cc1C(=O)O. The minimum Gasteiger partial charge on any atom is -0.478 e. The third-order valence-corrected chi connectivity index (χ3v) is 3.72. The fourth-order valence-corrected chi connectivity index (χ4v) is 2.61. The number of aromatic nitrogens is 1. The smallest absolute Gasteiger partial charge is 0.339 e. The van der Waals surface area contributed by atoms with Crippen LogP contribution >= 0.6 is 0 Å². The van der Waals surface area contributed by atoms with Crippen LogP contribution in [0.5, 0.6) is 0 Å². The van der Waals surface area contributed by atoms with Gasteiger partial charge in [-0.15, -0.1) is 0 Å². The summed E-state index contributed by atoms with van der Waals surface area (Å²) >= 11 is 0. The molecule has 114 valence electrons. The minimum atomic E-state index is -1.23. The molecule has 8 nitrogen and oxygen atoms in total. The van der Waals surface area contributed by atoms with E-state index >= 15 is 0 Å². The molecule has 2 heterocycles. The van der Waals surface area contributed by atoms with Gasteiger partial charge in [-0.1, -0.05) is 6.92 Å². The standard InChI is InChI=1S/C13H18N4O4/c1-2-16-5-3-4-9(16)7-14-12-11(13(18)19)6-10(8-15-12)17(20)21/h6,8-9H,2-5,7H2,1H3,(H,14,15)(H,18,19). The summed E-state index contributed by atoms with van der Waals surface area (Å²) in [6.45, 7) is 4.66. The van der Waals surface area contributed by atoms with Crippen LogP contribution in [0.4, 0.5) is 11.5 Å². The second kappa shape index (κ2) is 6.49. The van der Waals surface area contributed by atoms with E-state index in [1.54, 1.807) is 0 Å². The number of likely N-dealkylation sites (N-methyl/N-ethyl adjacent to an activating group) is 1. The van der Waals surface area contributed by atoms with Crippen molar-refractivity contribution in [3.05, 3.63) is 27.9 Å². The number of carbonyl (C=O) groups is 1. The fourth-order valence-electron chi connectivity index (χ4n) is 2.61. The maximum absolute atomic E-state index is 11.2. The van der Waals surface area contributed by atoms with Crippen LogP contribution < -0.4 is 5.32 Å². The van der Waals surface area contributed by atoms with Gasteiger partial charge in [-0.05, 0) is 25.9 Å². The summed E-state index contributed by atoms with van der Waals surface area (Å²) in [6.07, 6.45) is 3.25. The van der Waals surface area contributed by atoms with Crippen LogP contribution in [0, 0.1) is 10.1 Å². The largest absolute Gasteiger partial charge is 0.478 e. The third kappa shape index (κ3) is 3.46. The molecule has 0 aliphatic carbocycles. The molecule has 1 fully saturated rings. The van der Waals surface area contributed by atoms with E-state index in [4.69, 9.17) is 5.11 Å². The summed E-state index contributed by atoms with van der Waals surface area (Å²) < 4.78 is 0. The number of nitrogens with one attached hydrogen (secondary N) is 1. The van der Waals surface area contributed by atoms with Gasteiger partial charge in [0.1, 0.15) is 17.6 Å². The Labute approximate surface area is 121 Å². The average Bonchev–Trinajstić information content (AvgIpc) is 2.92. The molecule has 21 heavy (non-hydrogen) atoms. The number of aromatic carboxylic acids is 1. The predicted octanol–water partition coefficient (Wildman–Crippen LogP) is 1.58. The maximum Gasteiger partial charge on any atom is 0.339 e. The molecule has 1 aromatic heterocycles. The highest BCUT2D eigenvalue weighted by Crippen LogP contribution is 2.21. The average molecular weight is 294 g/mol. The van der Waals surface area contributed by atoms with Crippen LogP contribution in [0.3, 0.4) is 0 Å². The first-order valence-corrected chi connectivity index (χ1v) is 6.88. The summed E-state index contributed by atoms with van der Waals surface area (Å²) in [6, 6.07) is 1.37. The van der Waals surface area contributed by atoms with E-state index in [1.165, 1.54) is 0 Å². The van der Waals surface area contributed by atoms with Crippen LogP contribution in [0.15, 0.2) is 12.3 Å². The second-order valence-corrected chi connectivity index (χ2v) is 4.96. The summed E-state index contributed by atoms with van der Waals surface area (Å²) in [5.74, 6) is -1.05. The lowest BCUT2D eigenvalue weighted by atomic mass is 10.2. The molecule has 1 aromatic rings. The molecule has 2 N–H and O–H groups in total. The Bertz CT molecular complexity index is 549. The molecule has 8 heteroatoms. The summed E-state index contributed by atoms with van der Waals surface area (Å²) in [5, 5.41) is 22.8. The van der Waals surface area contributed by atoms with E-state index in [0.29, 0.717) is 12.6 Å². The molecular weight excluding hydrogens is 276 g/mol. The Morgan fingerprint density at radius 2 is 2.43 bits per heavy atom. The number of hydrogen-bond acceptors (Lipinski definition) is 6. The van der Waals surface area contributed by atoms with E-state index < -0.39 is 10.9 Å². The quantitative estimate of drug-likeness (QED) is 0.605. The number of rotatable bonds is 6. The molecule has 1 atom stereocenters. The Balaban J connectivity index is 2.12. The highest BCUT2D eigenvalue weighted by molar-refractivity contribution is 5.93. The molecular formula is C13H18N4O4. The van der Waals surface area contributed by atoms with Crippen LogP contribution in [0.1, 0.15) is 30.1 Å². The van der Waals surface area contributed by atoms with Crippen molar-refractivity contribution in [3.8, 4) is 0 Å². The number of hydrogen-bond donors (Lipinski definition) is 2. The first-order valence-electron chi connectivity index (χ1n) is 6.88. The number of likely N-dealkylation sites (tertiary alicyclic amines) is 1. The maximum atomic E-state index is 11.2. The van der Waals surface area contributed by atoms with E-state index in [9.17, 15) is 14.9 Å². The summed E-state index contributed by atoms with van der Waals surface area (Å²) in [4.78, 5) is 27.4. The highest BCUT2D eigenvalue weighted by Gasteiger charge is 2.24. The van der Waals surface area contributed by atoms with Gasteiger partial charge in [0.05, 0.1) is 4.92 Å². The van der Waals surface area contributed by atoms with Gasteiger partial charge in [0.15, 0.2) is 0 Å². The molecule has 0 radical (unpaired) electrons. The number of carboxylic acid groups (broad SMARTS) is 1. The first kappa shape index (κ1) is 15.2. The van der Waals surface area contributed by atoms with Gasteiger partial charge in [-0.2, -0.15) is 0 Å². The second-order valence-electron chi connectivity index (χ2n) is 4.96. The first-order chi connectivity index (χ1) is 10.0. The van der Waals surface area contributed by atoms with Crippen molar-refractivity contribution < 1.29 is 14.8 Å². The molecule has 1 unspecified atom stereocenters. The van der Waals surface area contributed by atoms with Gasteiger partial charge in [-0.3, -0.25) is 15.0 Å². The van der Waals surface area contributed by atoms with Gasteiger partial charge in [0, 0.05) is 18.7 Å². The molecule has 1 aliphatic heterocycles. The Hall–Kier alpha value is -2.22. The van der Waals surface area contributed by atoms with Crippen molar-refractivity contribution in [3.63, 3.8) is 0 Å². The molecule has 1 saturated heterocycles. The number of carboxylic acids is 1. The third-order valence-electron chi connectivity index (χ3n) is 3.72. The predicted molar refractivity (Wildman–Crippen MR) is 76.6 cm³/mol. The summed E-state index contributed by atoms with van der Waals surface area (Å²) in [7, 11) is 0. The molecule has 0 amide bonds. The van der Waals surface area contributed by atoms with Gasteiger partial charge >= 0.3 is 5.97 Å². The number of anilines is 1. The van der Waals surface area contributed by atoms with Crippen LogP contribution in [0.25, 0.3) is 0 Å². The zero-order valence-corrected chi connectivity index (χ0v) is 11.8. The Morgan fingerprint density at radius 1 is 1.67 bits per heavy atom. The van der Waals surface area contributed by atoms with Crippen molar-refractivity contribution in [2.75, 3.05) is 25.0 Å². The van der Waals surface area contributed by atoms with Crippen LogP contribution in [0.2, 0.25) is 0 Å². The van der Waals surface area contributed by atoms with Gasteiger partial charge < -0.3 is 10.4 Å². The number of nitro groups is 1. The molecule has 0 aromatic carbocycles. The monoisotopic (exact) mass is 294 g/mol. The van der Waals surface area contributed by atoms with E-state index in [-0.39, 0.29) is 17.1 Å². The lowest BCUT2D eigenvalue weighted by molar-refractivity contribution is -0.385. The Morgan fingerprint density at radius 3 is 3.05 bits per heavy atom. The van der Waals surface area contributed by atoms with Gasteiger partial charge in [-0.25, -0.2) is 9.78 Å². The van der Waals surface area contributed by atoms with Gasteiger partial charge in [0.25, 0.3) is 5.69 Å². The summed E-state index contributed by atoms with van der Waals surface area (Å²) in [5.41, 5.74) is -0.501. The van der Waals surface area contributed by atoms with Crippen molar-refractivity contribution >= 4 is 17.5 Å². The molecule has 0 bridgehead atoms.